The van der Waals surface area contributed by atoms with Crippen LogP contribution >= 0.6 is 0 Å². The van der Waals surface area contributed by atoms with E-state index in [-0.39, 0.29) is 17.5 Å². The number of pyridine rings is 2. The van der Waals surface area contributed by atoms with Gasteiger partial charge in [0.15, 0.2) is 0 Å². The van der Waals surface area contributed by atoms with Gasteiger partial charge in [-0.05, 0) is 43.9 Å². The lowest BCUT2D eigenvalue weighted by atomic mass is 9.95. The second-order valence-corrected chi connectivity index (χ2v) is 5.68. The molecule has 1 aliphatic rings. The number of aromatic amines is 1. The van der Waals surface area contributed by atoms with Crippen LogP contribution in [0.25, 0.3) is 0 Å². The van der Waals surface area contributed by atoms with Crippen LogP contribution in [0.5, 0.6) is 0 Å². The highest BCUT2D eigenvalue weighted by Crippen LogP contribution is 2.31. The third-order valence-corrected chi connectivity index (χ3v) is 4.12. The molecule has 0 spiro atoms. The molecule has 3 rings (SSSR count). The van der Waals surface area contributed by atoms with Crippen LogP contribution in [0.15, 0.2) is 41.5 Å². The lowest BCUT2D eigenvalue weighted by Crippen LogP contribution is -2.38. The molecule has 3 heterocycles. The van der Waals surface area contributed by atoms with E-state index in [9.17, 15) is 9.59 Å². The molecule has 0 aliphatic carbocycles. The lowest BCUT2D eigenvalue weighted by molar-refractivity contribution is 0.0610. The van der Waals surface area contributed by atoms with Crippen molar-refractivity contribution in [2.24, 2.45) is 0 Å². The Morgan fingerprint density at radius 2 is 2.14 bits per heavy atom. The fourth-order valence-corrected chi connectivity index (χ4v) is 2.91. The number of H-pyrrole nitrogens is 1. The first kappa shape index (κ1) is 14.5. The van der Waals surface area contributed by atoms with Gasteiger partial charge in [0.2, 0.25) is 5.56 Å². The number of aromatic nitrogens is 2. The van der Waals surface area contributed by atoms with Crippen molar-refractivity contribution >= 4 is 5.91 Å². The molecule has 1 unspecified atom stereocenters. The average Bonchev–Trinajstić information content (AvgIpc) is 2.56. The van der Waals surface area contributed by atoms with Crippen molar-refractivity contribution in [3.8, 4) is 0 Å². The van der Waals surface area contributed by atoms with E-state index in [0.29, 0.717) is 5.56 Å². The van der Waals surface area contributed by atoms with Crippen LogP contribution in [-0.2, 0) is 0 Å². The minimum absolute atomic E-state index is 0.00315. The summed E-state index contributed by atoms with van der Waals surface area (Å²) < 4.78 is 0. The molecule has 1 saturated heterocycles. The SMILES string of the molecule is Cc1ccc(C(=O)N2CCCCC2c2ccc(=O)[nH]c2)cn1. The van der Waals surface area contributed by atoms with E-state index in [1.165, 1.54) is 6.07 Å². The lowest BCUT2D eigenvalue weighted by Gasteiger charge is -2.36. The molecule has 1 N–H and O–H groups in total. The molecule has 0 aromatic carbocycles. The van der Waals surface area contributed by atoms with Crippen LogP contribution in [0.1, 0.15) is 46.9 Å². The number of likely N-dealkylation sites (tertiary alicyclic amines) is 1. The highest BCUT2D eigenvalue weighted by Gasteiger charge is 2.28. The normalized spacial score (nSPS) is 18.2. The number of rotatable bonds is 2. The van der Waals surface area contributed by atoms with Gasteiger partial charge >= 0.3 is 0 Å². The third-order valence-electron chi connectivity index (χ3n) is 4.12. The van der Waals surface area contributed by atoms with E-state index in [4.69, 9.17) is 0 Å². The third kappa shape index (κ3) is 2.93. The van der Waals surface area contributed by atoms with E-state index in [1.807, 2.05) is 30.0 Å². The molecule has 1 atom stereocenters. The van der Waals surface area contributed by atoms with E-state index in [1.54, 1.807) is 12.4 Å². The van der Waals surface area contributed by atoms with Crippen molar-refractivity contribution in [1.29, 1.82) is 0 Å². The zero-order chi connectivity index (χ0) is 15.5. The summed E-state index contributed by atoms with van der Waals surface area (Å²) in [6.07, 6.45) is 6.35. The summed E-state index contributed by atoms with van der Waals surface area (Å²) in [4.78, 5) is 32.8. The molecule has 2 aromatic rings. The summed E-state index contributed by atoms with van der Waals surface area (Å²) in [5.74, 6) is 0.00315. The maximum absolute atomic E-state index is 12.8. The molecule has 1 amide bonds. The fourth-order valence-electron chi connectivity index (χ4n) is 2.91. The van der Waals surface area contributed by atoms with E-state index in [0.717, 1.165) is 37.1 Å². The highest BCUT2D eigenvalue weighted by molar-refractivity contribution is 5.94. The summed E-state index contributed by atoms with van der Waals surface area (Å²) in [7, 11) is 0. The van der Waals surface area contributed by atoms with E-state index in [2.05, 4.69) is 9.97 Å². The monoisotopic (exact) mass is 297 g/mol. The fraction of sp³-hybridized carbons (Fsp3) is 0.353. The number of carbonyl (C=O) groups is 1. The number of hydrogen-bond acceptors (Lipinski definition) is 3. The van der Waals surface area contributed by atoms with E-state index < -0.39 is 0 Å². The predicted octanol–water partition coefficient (Wildman–Crippen LogP) is 2.45. The Morgan fingerprint density at radius 1 is 1.27 bits per heavy atom. The van der Waals surface area contributed by atoms with Crippen LogP contribution < -0.4 is 5.56 Å². The first-order chi connectivity index (χ1) is 10.6. The second-order valence-electron chi connectivity index (χ2n) is 5.68. The Bertz CT molecular complexity index is 701. The van der Waals surface area contributed by atoms with Gasteiger partial charge in [-0.1, -0.05) is 6.07 Å². The zero-order valence-electron chi connectivity index (χ0n) is 12.6. The first-order valence-electron chi connectivity index (χ1n) is 7.57. The van der Waals surface area contributed by atoms with Gasteiger partial charge < -0.3 is 9.88 Å². The van der Waals surface area contributed by atoms with Crippen LogP contribution in [0.4, 0.5) is 0 Å². The number of carbonyl (C=O) groups excluding carboxylic acids is 1. The number of amides is 1. The highest BCUT2D eigenvalue weighted by atomic mass is 16.2. The number of hydrogen-bond donors (Lipinski definition) is 1. The average molecular weight is 297 g/mol. The van der Waals surface area contributed by atoms with Crippen LogP contribution in [0.2, 0.25) is 0 Å². The van der Waals surface area contributed by atoms with Crippen molar-refractivity contribution in [2.75, 3.05) is 6.54 Å². The molecule has 0 bridgehead atoms. The van der Waals surface area contributed by atoms with Crippen LogP contribution in [0, 0.1) is 6.92 Å². The van der Waals surface area contributed by atoms with Gasteiger partial charge in [0.05, 0.1) is 11.6 Å². The summed E-state index contributed by atoms with van der Waals surface area (Å²) in [6, 6.07) is 7.01. The molecule has 1 aliphatic heterocycles. The molecule has 0 radical (unpaired) electrons. The van der Waals surface area contributed by atoms with Crippen molar-refractivity contribution in [3.05, 3.63) is 63.8 Å². The standard InChI is InChI=1S/C17H19N3O2/c1-12-5-6-14(11-18-12)17(22)20-9-3-2-4-15(20)13-7-8-16(21)19-10-13/h5-8,10-11,15H,2-4,9H2,1H3,(H,19,21). The van der Waals surface area contributed by atoms with Crippen LogP contribution in [0.3, 0.4) is 0 Å². The maximum atomic E-state index is 12.8. The van der Waals surface area contributed by atoms with Gasteiger partial charge in [0.25, 0.3) is 5.91 Å². The van der Waals surface area contributed by atoms with Crippen LogP contribution in [-0.4, -0.2) is 27.3 Å². The molecule has 5 heteroatoms. The van der Waals surface area contributed by atoms with Gasteiger partial charge in [0.1, 0.15) is 0 Å². The minimum Gasteiger partial charge on any atom is -0.332 e. The minimum atomic E-state index is -0.125. The topological polar surface area (TPSA) is 66.1 Å². The van der Waals surface area contributed by atoms with Gasteiger partial charge in [-0.2, -0.15) is 0 Å². The summed E-state index contributed by atoms with van der Waals surface area (Å²) >= 11 is 0. The number of piperidine rings is 1. The van der Waals surface area contributed by atoms with Gasteiger partial charge in [-0.25, -0.2) is 0 Å². The van der Waals surface area contributed by atoms with Gasteiger partial charge in [-0.15, -0.1) is 0 Å². The second kappa shape index (κ2) is 6.13. The summed E-state index contributed by atoms with van der Waals surface area (Å²) in [6.45, 7) is 2.63. The number of nitrogens with one attached hydrogen (secondary N) is 1. The Labute approximate surface area is 129 Å². The summed E-state index contributed by atoms with van der Waals surface area (Å²) in [5.41, 5.74) is 2.36. The smallest absolute Gasteiger partial charge is 0.255 e. The molecule has 1 fully saturated rings. The molecule has 114 valence electrons. The van der Waals surface area contributed by atoms with Crippen molar-refractivity contribution < 1.29 is 4.79 Å². The molecular weight excluding hydrogens is 278 g/mol. The van der Waals surface area contributed by atoms with Crippen molar-refractivity contribution in [3.63, 3.8) is 0 Å². The quantitative estimate of drug-likeness (QED) is 0.926. The number of nitrogens with zero attached hydrogens (tertiary/aromatic N) is 2. The Kier molecular flexibility index (Phi) is 4.04. The molecule has 5 nitrogen and oxygen atoms in total. The Morgan fingerprint density at radius 3 is 2.82 bits per heavy atom. The largest absolute Gasteiger partial charge is 0.332 e. The van der Waals surface area contributed by atoms with Crippen molar-refractivity contribution in [1.82, 2.24) is 14.9 Å². The molecular formula is C17H19N3O2. The van der Waals surface area contributed by atoms with Gasteiger partial charge in [-0.3, -0.25) is 14.6 Å². The molecule has 22 heavy (non-hydrogen) atoms. The first-order valence-corrected chi connectivity index (χ1v) is 7.57. The van der Waals surface area contributed by atoms with Crippen molar-refractivity contribution in [2.45, 2.75) is 32.2 Å². The molecule has 0 saturated carbocycles. The Hall–Kier alpha value is -2.43. The zero-order valence-corrected chi connectivity index (χ0v) is 12.6. The number of aryl methyl sites for hydroxylation is 1. The maximum Gasteiger partial charge on any atom is 0.255 e. The predicted molar refractivity (Wildman–Crippen MR) is 83.7 cm³/mol. The van der Waals surface area contributed by atoms with Gasteiger partial charge in [0, 0.05) is 30.7 Å². The molecule has 2 aromatic heterocycles. The Balaban J connectivity index is 1.89. The van der Waals surface area contributed by atoms with E-state index >= 15 is 0 Å². The summed E-state index contributed by atoms with van der Waals surface area (Å²) in [5, 5.41) is 0.